The zero-order chi connectivity index (χ0) is 28.4. The molecule has 3 aromatic rings. The number of ketones is 1. The van der Waals surface area contributed by atoms with Gasteiger partial charge in [0.1, 0.15) is 24.1 Å². The fraction of sp³-hybridized carbons (Fsp3) is 0.364. The summed E-state index contributed by atoms with van der Waals surface area (Å²) in [5.74, 6) is -6.06. The molecule has 16 heteroatoms. The molecule has 0 bridgehead atoms. The third-order valence-electron chi connectivity index (χ3n) is 5.31. The second kappa shape index (κ2) is 10.9. The van der Waals surface area contributed by atoms with Crippen LogP contribution >= 0.6 is 0 Å². The van der Waals surface area contributed by atoms with Gasteiger partial charge in [-0.3, -0.25) is 9.36 Å². The SMILES string of the molecule is CCn1c(CO)nn(-c2nc(O[C@@H](C)C(F)(F)F)c(C(=O)Cc3c(F)cnc(OC)c3C#N)cc2F)c1=O. The number of pyridine rings is 2. The molecule has 0 radical (unpaired) electrons. The maximum absolute atomic E-state index is 15.1. The van der Waals surface area contributed by atoms with Gasteiger partial charge in [0, 0.05) is 18.5 Å². The molecule has 0 unspecified atom stereocenters. The first-order valence-electron chi connectivity index (χ1n) is 10.8. The van der Waals surface area contributed by atoms with Crippen LogP contribution in [0.3, 0.4) is 0 Å². The molecule has 0 spiro atoms. The van der Waals surface area contributed by atoms with Gasteiger partial charge in [-0.2, -0.15) is 28.1 Å². The van der Waals surface area contributed by atoms with Crippen LogP contribution in [0.25, 0.3) is 5.82 Å². The topological polar surface area (TPSA) is 145 Å². The van der Waals surface area contributed by atoms with Crippen LogP contribution in [0.5, 0.6) is 11.8 Å². The first-order valence-corrected chi connectivity index (χ1v) is 10.8. The number of nitriles is 1. The van der Waals surface area contributed by atoms with Crippen molar-refractivity contribution in [3.63, 3.8) is 0 Å². The van der Waals surface area contributed by atoms with Crippen molar-refractivity contribution in [3.8, 4) is 23.6 Å². The van der Waals surface area contributed by atoms with Gasteiger partial charge in [-0.05, 0) is 19.9 Å². The number of aromatic nitrogens is 5. The Bertz CT molecular complexity index is 1480. The second-order valence-electron chi connectivity index (χ2n) is 7.64. The van der Waals surface area contributed by atoms with E-state index in [-0.39, 0.29) is 18.2 Å². The van der Waals surface area contributed by atoms with Crippen LogP contribution in [0.2, 0.25) is 0 Å². The highest BCUT2D eigenvalue weighted by Gasteiger charge is 2.39. The zero-order valence-corrected chi connectivity index (χ0v) is 20.0. The molecule has 1 atom stereocenters. The number of halogens is 5. The number of rotatable bonds is 9. The van der Waals surface area contributed by atoms with Crippen LogP contribution in [-0.2, 0) is 19.6 Å². The predicted molar refractivity (Wildman–Crippen MR) is 117 cm³/mol. The van der Waals surface area contributed by atoms with Crippen LogP contribution in [-0.4, -0.2) is 54.6 Å². The number of ether oxygens (including phenoxy) is 2. The van der Waals surface area contributed by atoms with Crippen molar-refractivity contribution in [1.29, 1.82) is 5.26 Å². The van der Waals surface area contributed by atoms with Crippen molar-refractivity contribution in [1.82, 2.24) is 24.3 Å². The Labute approximate surface area is 210 Å². The number of carbonyl (C=O) groups excluding carboxylic acids is 1. The Balaban J connectivity index is 2.19. The Kier molecular flexibility index (Phi) is 8.10. The average Bonchev–Trinajstić information content (AvgIpc) is 3.19. The molecule has 1 N–H and O–H groups in total. The lowest BCUT2D eigenvalue weighted by atomic mass is 10.00. The number of alkyl halides is 3. The van der Waals surface area contributed by atoms with Crippen LogP contribution in [0, 0.1) is 23.0 Å². The molecule has 11 nitrogen and oxygen atoms in total. The van der Waals surface area contributed by atoms with Gasteiger partial charge >= 0.3 is 11.9 Å². The van der Waals surface area contributed by atoms with Crippen LogP contribution in [0.4, 0.5) is 22.0 Å². The van der Waals surface area contributed by atoms with Crippen LogP contribution in [0.1, 0.15) is 41.2 Å². The lowest BCUT2D eigenvalue weighted by Gasteiger charge is -2.19. The van der Waals surface area contributed by atoms with Gasteiger partial charge in [0.2, 0.25) is 11.8 Å². The maximum Gasteiger partial charge on any atom is 0.425 e. The van der Waals surface area contributed by atoms with Gasteiger partial charge in [0.25, 0.3) is 0 Å². The quantitative estimate of drug-likeness (QED) is 0.318. The van der Waals surface area contributed by atoms with E-state index < -0.39 is 76.8 Å². The summed E-state index contributed by atoms with van der Waals surface area (Å²) in [6, 6.07) is 2.09. The normalized spacial score (nSPS) is 12.2. The summed E-state index contributed by atoms with van der Waals surface area (Å²) in [6.07, 6.45) is -7.73. The molecule has 0 aromatic carbocycles. The second-order valence-corrected chi connectivity index (χ2v) is 7.64. The summed E-state index contributed by atoms with van der Waals surface area (Å²) < 4.78 is 80.4. The number of methoxy groups -OCH3 is 1. The van der Waals surface area contributed by atoms with Crippen LogP contribution in [0.15, 0.2) is 17.1 Å². The first-order chi connectivity index (χ1) is 17.9. The number of aliphatic hydroxyl groups excluding tert-OH is 1. The standard InChI is InChI=1S/C22H19F5N6O5/c1-4-32-17(9-34)31-33(21(32)36)18-14(23)5-12(20(30-18)38-10(2)22(25,26)27)16(35)6-11-13(7-28)19(37-3)29-8-15(11)24/h5,8,10,34H,4,6,9H2,1-3H3/t10-/m0/s1. The number of hydrogen-bond donors (Lipinski definition) is 1. The molecular weight excluding hydrogens is 523 g/mol. The Hall–Kier alpha value is -4.39. The number of nitrogens with zero attached hydrogens (tertiary/aromatic N) is 6. The van der Waals surface area contributed by atoms with E-state index in [1.165, 1.54) is 6.92 Å². The summed E-state index contributed by atoms with van der Waals surface area (Å²) in [5.41, 5.74) is -2.76. The Morgan fingerprint density at radius 1 is 1.26 bits per heavy atom. The molecule has 0 aliphatic heterocycles. The minimum atomic E-state index is -4.93. The van der Waals surface area contributed by atoms with Crippen molar-refractivity contribution < 1.29 is 41.3 Å². The number of aliphatic hydroxyl groups is 1. The summed E-state index contributed by atoms with van der Waals surface area (Å²) in [4.78, 5) is 32.9. The molecule has 3 aromatic heterocycles. The molecule has 0 saturated heterocycles. The molecule has 3 rings (SSSR count). The van der Waals surface area contributed by atoms with E-state index in [1.807, 2.05) is 0 Å². The van der Waals surface area contributed by atoms with Gasteiger partial charge < -0.3 is 14.6 Å². The maximum atomic E-state index is 15.1. The minimum Gasteiger partial charge on any atom is -0.480 e. The third kappa shape index (κ3) is 5.32. The largest absolute Gasteiger partial charge is 0.480 e. The molecular formula is C22H19F5N6O5. The minimum absolute atomic E-state index is 0.0174. The van der Waals surface area contributed by atoms with Crippen molar-refractivity contribution in [2.75, 3.05) is 7.11 Å². The van der Waals surface area contributed by atoms with E-state index in [1.54, 1.807) is 6.07 Å². The summed E-state index contributed by atoms with van der Waals surface area (Å²) in [7, 11) is 1.14. The lowest BCUT2D eigenvalue weighted by molar-refractivity contribution is -0.190. The zero-order valence-electron chi connectivity index (χ0n) is 20.0. The highest BCUT2D eigenvalue weighted by Crippen LogP contribution is 2.30. The van der Waals surface area contributed by atoms with E-state index in [9.17, 15) is 37.5 Å². The molecule has 38 heavy (non-hydrogen) atoms. The van der Waals surface area contributed by atoms with E-state index in [0.717, 1.165) is 11.7 Å². The molecule has 202 valence electrons. The average molecular weight is 542 g/mol. The fourth-order valence-electron chi connectivity index (χ4n) is 3.35. The van der Waals surface area contributed by atoms with Gasteiger partial charge in [0.15, 0.2) is 29.3 Å². The van der Waals surface area contributed by atoms with Gasteiger partial charge in [0.05, 0.1) is 18.9 Å². The van der Waals surface area contributed by atoms with E-state index >= 15 is 4.39 Å². The lowest BCUT2D eigenvalue weighted by Crippen LogP contribution is -2.32. The molecule has 0 saturated carbocycles. The summed E-state index contributed by atoms with van der Waals surface area (Å²) >= 11 is 0. The Morgan fingerprint density at radius 2 is 1.95 bits per heavy atom. The predicted octanol–water partition coefficient (Wildman–Crippen LogP) is 2.25. The first kappa shape index (κ1) is 28.2. The summed E-state index contributed by atoms with van der Waals surface area (Å²) in [6.45, 7) is 1.43. The van der Waals surface area contributed by atoms with E-state index in [4.69, 9.17) is 9.47 Å². The van der Waals surface area contributed by atoms with Crippen LogP contribution < -0.4 is 15.2 Å². The van der Waals surface area contributed by atoms with Gasteiger partial charge in [-0.1, -0.05) is 0 Å². The van der Waals surface area contributed by atoms with Crippen molar-refractivity contribution in [3.05, 3.63) is 56.9 Å². The number of carbonyl (C=O) groups is 1. The molecule has 0 fully saturated rings. The van der Waals surface area contributed by atoms with Gasteiger partial charge in [-0.15, -0.1) is 5.10 Å². The van der Waals surface area contributed by atoms with Gasteiger partial charge in [-0.25, -0.2) is 18.6 Å². The van der Waals surface area contributed by atoms with Crippen molar-refractivity contribution >= 4 is 5.78 Å². The molecule has 0 aliphatic carbocycles. The van der Waals surface area contributed by atoms with E-state index in [0.29, 0.717) is 23.9 Å². The monoisotopic (exact) mass is 542 g/mol. The number of hydrogen-bond acceptors (Lipinski definition) is 9. The Morgan fingerprint density at radius 3 is 2.47 bits per heavy atom. The molecule has 0 aliphatic rings. The van der Waals surface area contributed by atoms with E-state index in [2.05, 4.69) is 15.1 Å². The van der Waals surface area contributed by atoms with Crippen molar-refractivity contribution in [2.45, 2.75) is 45.7 Å². The summed E-state index contributed by atoms with van der Waals surface area (Å²) in [5, 5.41) is 22.5. The third-order valence-corrected chi connectivity index (χ3v) is 5.31. The highest BCUT2D eigenvalue weighted by molar-refractivity contribution is 6.00. The fourth-order valence-corrected chi connectivity index (χ4v) is 3.35. The van der Waals surface area contributed by atoms with Crippen molar-refractivity contribution in [2.24, 2.45) is 0 Å². The number of Topliss-reactive ketones (excluding diaryl/α,β-unsaturated/α-hetero) is 1. The molecule has 3 heterocycles. The smallest absolute Gasteiger partial charge is 0.425 e. The molecule has 0 amide bonds. The highest BCUT2D eigenvalue weighted by atomic mass is 19.4.